The Labute approximate surface area is 107 Å². The van der Waals surface area contributed by atoms with Gasteiger partial charge < -0.3 is 5.11 Å². The number of rotatable bonds is 5. The van der Waals surface area contributed by atoms with Crippen molar-refractivity contribution in [2.45, 2.75) is 19.8 Å². The van der Waals surface area contributed by atoms with Gasteiger partial charge in [-0.15, -0.1) is 0 Å². The summed E-state index contributed by atoms with van der Waals surface area (Å²) in [6, 6.07) is 6.60. The van der Waals surface area contributed by atoms with E-state index in [1.54, 1.807) is 38.1 Å². The maximum atomic E-state index is 11.6. The van der Waals surface area contributed by atoms with Crippen LogP contribution in [0, 0.1) is 0 Å². The predicted molar refractivity (Wildman–Crippen MR) is 70.4 cm³/mol. The average molecular weight is 271 g/mol. The molecule has 0 aliphatic heterocycles. The van der Waals surface area contributed by atoms with Crippen molar-refractivity contribution in [1.29, 1.82) is 0 Å². The Morgan fingerprint density at radius 3 is 2.50 bits per heavy atom. The maximum Gasteiger partial charge on any atom is 0.310 e. The first-order chi connectivity index (χ1) is 8.27. The minimum atomic E-state index is -3.34. The van der Waals surface area contributed by atoms with E-state index in [-0.39, 0.29) is 0 Å². The molecule has 0 heterocycles. The van der Waals surface area contributed by atoms with Crippen molar-refractivity contribution in [2.75, 3.05) is 17.1 Å². The zero-order chi connectivity index (χ0) is 13.9. The lowest BCUT2D eigenvalue weighted by Gasteiger charge is -2.21. The number of nitrogens with zero attached hydrogens (tertiary/aromatic N) is 1. The van der Waals surface area contributed by atoms with E-state index in [1.807, 2.05) is 0 Å². The van der Waals surface area contributed by atoms with Crippen LogP contribution in [-0.2, 0) is 14.8 Å². The van der Waals surface area contributed by atoms with Gasteiger partial charge in [0.15, 0.2) is 0 Å². The quantitative estimate of drug-likeness (QED) is 0.883. The Kier molecular flexibility index (Phi) is 4.34. The average Bonchev–Trinajstić information content (AvgIpc) is 2.27. The van der Waals surface area contributed by atoms with Gasteiger partial charge in [0.2, 0.25) is 10.0 Å². The van der Waals surface area contributed by atoms with Crippen LogP contribution in [0.1, 0.15) is 25.3 Å². The zero-order valence-corrected chi connectivity index (χ0v) is 11.4. The molecule has 0 aromatic heterocycles. The number of carbonyl (C=O) groups is 1. The van der Waals surface area contributed by atoms with Crippen molar-refractivity contribution in [1.82, 2.24) is 0 Å². The molecule has 1 N–H and O–H groups in total. The van der Waals surface area contributed by atoms with Crippen LogP contribution >= 0.6 is 0 Å². The first-order valence-electron chi connectivity index (χ1n) is 5.57. The van der Waals surface area contributed by atoms with Crippen molar-refractivity contribution in [3.05, 3.63) is 29.8 Å². The number of benzene rings is 1. The smallest absolute Gasteiger partial charge is 0.310 e. The zero-order valence-electron chi connectivity index (χ0n) is 10.6. The van der Waals surface area contributed by atoms with E-state index in [2.05, 4.69) is 0 Å². The van der Waals surface area contributed by atoms with Gasteiger partial charge in [-0.3, -0.25) is 9.10 Å². The molecule has 0 spiro atoms. The third-order valence-electron chi connectivity index (χ3n) is 2.72. The molecule has 0 fully saturated rings. The SMILES string of the molecule is CCN(c1cccc(C(C)C(=O)O)c1)S(C)(=O)=O. The Morgan fingerprint density at radius 1 is 1.44 bits per heavy atom. The van der Waals surface area contributed by atoms with E-state index in [0.717, 1.165) is 6.26 Å². The van der Waals surface area contributed by atoms with Gasteiger partial charge in [0.05, 0.1) is 17.9 Å². The van der Waals surface area contributed by atoms with Crippen LogP contribution < -0.4 is 4.31 Å². The van der Waals surface area contributed by atoms with Crippen molar-refractivity contribution >= 4 is 21.7 Å². The lowest BCUT2D eigenvalue weighted by Crippen LogP contribution is -2.29. The molecule has 0 saturated heterocycles. The monoisotopic (exact) mass is 271 g/mol. The predicted octanol–water partition coefficient (Wildman–Crippen LogP) is 1.66. The third kappa shape index (κ3) is 3.22. The molecule has 1 aromatic carbocycles. The summed E-state index contributed by atoms with van der Waals surface area (Å²) in [5, 5.41) is 8.95. The molecule has 1 aromatic rings. The van der Waals surface area contributed by atoms with Crippen molar-refractivity contribution in [2.24, 2.45) is 0 Å². The summed E-state index contributed by atoms with van der Waals surface area (Å²) in [4.78, 5) is 10.9. The van der Waals surface area contributed by atoms with Gasteiger partial charge in [-0.05, 0) is 31.5 Å². The minimum absolute atomic E-state index is 0.309. The number of carboxylic acids is 1. The second-order valence-corrected chi connectivity index (χ2v) is 5.99. The summed E-state index contributed by atoms with van der Waals surface area (Å²) in [6.07, 6.45) is 1.13. The number of carboxylic acid groups (broad SMARTS) is 1. The molecule has 0 saturated carbocycles. The molecule has 18 heavy (non-hydrogen) atoms. The van der Waals surface area contributed by atoms with Crippen molar-refractivity contribution in [3.63, 3.8) is 0 Å². The first kappa shape index (κ1) is 14.5. The fourth-order valence-electron chi connectivity index (χ4n) is 1.70. The number of hydrogen-bond donors (Lipinski definition) is 1. The van der Waals surface area contributed by atoms with Crippen LogP contribution in [0.3, 0.4) is 0 Å². The van der Waals surface area contributed by atoms with Crippen LogP contribution in [0.15, 0.2) is 24.3 Å². The molecular formula is C12H17NO4S. The molecule has 1 unspecified atom stereocenters. The van der Waals surface area contributed by atoms with Gasteiger partial charge in [0, 0.05) is 6.54 Å². The van der Waals surface area contributed by atoms with Gasteiger partial charge >= 0.3 is 5.97 Å². The van der Waals surface area contributed by atoms with Crippen molar-refractivity contribution < 1.29 is 18.3 Å². The second-order valence-electron chi connectivity index (χ2n) is 4.08. The summed E-state index contributed by atoms with van der Waals surface area (Å²) >= 11 is 0. The van der Waals surface area contributed by atoms with Crippen molar-refractivity contribution in [3.8, 4) is 0 Å². The van der Waals surface area contributed by atoms with Crippen LogP contribution in [-0.4, -0.2) is 32.3 Å². The van der Waals surface area contributed by atoms with Gasteiger partial charge in [0.1, 0.15) is 0 Å². The molecule has 1 rings (SSSR count). The number of aliphatic carboxylic acids is 1. The highest BCUT2D eigenvalue weighted by Gasteiger charge is 2.18. The Hall–Kier alpha value is -1.56. The third-order valence-corrected chi connectivity index (χ3v) is 3.99. The molecule has 0 radical (unpaired) electrons. The van der Waals surface area contributed by atoms with Crippen LogP contribution in [0.25, 0.3) is 0 Å². The van der Waals surface area contributed by atoms with Crippen LogP contribution in [0.4, 0.5) is 5.69 Å². The van der Waals surface area contributed by atoms with Gasteiger partial charge in [-0.25, -0.2) is 8.42 Å². The number of anilines is 1. The summed E-state index contributed by atoms with van der Waals surface area (Å²) in [5.41, 5.74) is 1.08. The Morgan fingerprint density at radius 2 is 2.06 bits per heavy atom. The largest absolute Gasteiger partial charge is 0.481 e. The lowest BCUT2D eigenvalue weighted by atomic mass is 10.0. The summed E-state index contributed by atoms with van der Waals surface area (Å²) in [6.45, 7) is 3.61. The highest BCUT2D eigenvalue weighted by molar-refractivity contribution is 7.92. The molecule has 0 amide bonds. The van der Waals surface area contributed by atoms with E-state index >= 15 is 0 Å². The van der Waals surface area contributed by atoms with Gasteiger partial charge in [-0.2, -0.15) is 0 Å². The Bertz CT molecular complexity index is 539. The number of sulfonamides is 1. The van der Waals surface area contributed by atoms with Gasteiger partial charge in [0.25, 0.3) is 0 Å². The van der Waals surface area contributed by atoms with E-state index in [4.69, 9.17) is 5.11 Å². The number of hydrogen-bond acceptors (Lipinski definition) is 3. The molecule has 0 aliphatic rings. The van der Waals surface area contributed by atoms with E-state index in [9.17, 15) is 13.2 Å². The highest BCUT2D eigenvalue weighted by atomic mass is 32.2. The molecule has 0 aliphatic carbocycles. The molecule has 0 bridgehead atoms. The van der Waals surface area contributed by atoms with Gasteiger partial charge in [-0.1, -0.05) is 12.1 Å². The maximum absolute atomic E-state index is 11.6. The van der Waals surface area contributed by atoms with E-state index < -0.39 is 21.9 Å². The van der Waals surface area contributed by atoms with Crippen LogP contribution in [0.5, 0.6) is 0 Å². The second kappa shape index (κ2) is 5.39. The molecule has 100 valence electrons. The lowest BCUT2D eigenvalue weighted by molar-refractivity contribution is -0.138. The summed E-state index contributed by atoms with van der Waals surface area (Å²) < 4.78 is 24.4. The molecular weight excluding hydrogens is 254 g/mol. The summed E-state index contributed by atoms with van der Waals surface area (Å²) in [7, 11) is -3.34. The first-order valence-corrected chi connectivity index (χ1v) is 7.42. The van der Waals surface area contributed by atoms with E-state index in [1.165, 1.54) is 4.31 Å². The fourth-order valence-corrected chi connectivity index (χ4v) is 2.67. The summed E-state index contributed by atoms with van der Waals surface area (Å²) in [5.74, 6) is -1.60. The fraction of sp³-hybridized carbons (Fsp3) is 0.417. The minimum Gasteiger partial charge on any atom is -0.481 e. The molecule has 6 heteroatoms. The van der Waals surface area contributed by atoms with Crippen LogP contribution in [0.2, 0.25) is 0 Å². The standard InChI is InChI=1S/C12H17NO4S/c1-4-13(18(3,16)17)11-7-5-6-10(8-11)9(2)12(14)15/h5-9H,4H2,1-3H3,(H,14,15). The topological polar surface area (TPSA) is 74.7 Å². The molecule has 5 nitrogen and oxygen atoms in total. The normalized spacial score (nSPS) is 13.1. The molecule has 1 atom stereocenters. The highest BCUT2D eigenvalue weighted by Crippen LogP contribution is 2.23. The van der Waals surface area contributed by atoms with E-state index in [0.29, 0.717) is 17.8 Å². The Balaban J connectivity index is 3.20.